The zero-order valence-corrected chi connectivity index (χ0v) is 10.3. The Balaban J connectivity index is 2.40. The number of nitrogens with two attached hydrogens (primary N) is 1. The molecule has 1 aliphatic rings. The number of likely N-dealkylation sites (N-methyl/N-ethyl adjacent to an activating group) is 1. The summed E-state index contributed by atoms with van der Waals surface area (Å²) in [6.07, 6.45) is 4.02. The van der Waals surface area contributed by atoms with Crippen molar-refractivity contribution < 1.29 is 0 Å². The van der Waals surface area contributed by atoms with E-state index in [-0.39, 0.29) is 0 Å². The standard InChI is InChI=1S/C12H27N3/c1-3-5-11-8-12(14-4-2)10-15(9-11)7-6-13/h11-12,14H,3-10,13H2,1-2H3. The molecule has 0 bridgehead atoms. The molecule has 1 saturated heterocycles. The highest BCUT2D eigenvalue weighted by molar-refractivity contribution is 4.83. The Kier molecular flexibility index (Phi) is 6.22. The summed E-state index contributed by atoms with van der Waals surface area (Å²) < 4.78 is 0. The topological polar surface area (TPSA) is 41.3 Å². The van der Waals surface area contributed by atoms with Crippen molar-refractivity contribution in [3.8, 4) is 0 Å². The van der Waals surface area contributed by atoms with Crippen LogP contribution < -0.4 is 11.1 Å². The van der Waals surface area contributed by atoms with Crippen LogP contribution in [0.3, 0.4) is 0 Å². The van der Waals surface area contributed by atoms with Crippen molar-refractivity contribution in [3.05, 3.63) is 0 Å². The molecule has 3 heteroatoms. The van der Waals surface area contributed by atoms with Crippen LogP contribution in [-0.4, -0.2) is 43.7 Å². The summed E-state index contributed by atoms with van der Waals surface area (Å²) in [5.74, 6) is 0.874. The van der Waals surface area contributed by atoms with E-state index in [1.807, 2.05) is 0 Å². The highest BCUT2D eigenvalue weighted by Crippen LogP contribution is 2.20. The number of nitrogens with one attached hydrogen (secondary N) is 1. The Hall–Kier alpha value is -0.120. The van der Waals surface area contributed by atoms with Crippen molar-refractivity contribution in [3.63, 3.8) is 0 Å². The van der Waals surface area contributed by atoms with Crippen LogP contribution in [0.5, 0.6) is 0 Å². The second kappa shape index (κ2) is 7.20. The van der Waals surface area contributed by atoms with Crippen molar-refractivity contribution in [1.29, 1.82) is 0 Å². The second-order valence-electron chi connectivity index (χ2n) is 4.69. The SMILES string of the molecule is CCCC1CC(NCC)CN(CCN)C1. The summed E-state index contributed by atoms with van der Waals surface area (Å²) >= 11 is 0. The molecular weight excluding hydrogens is 186 g/mol. The van der Waals surface area contributed by atoms with E-state index in [1.54, 1.807) is 0 Å². The van der Waals surface area contributed by atoms with Crippen molar-refractivity contribution in [1.82, 2.24) is 10.2 Å². The molecule has 1 heterocycles. The van der Waals surface area contributed by atoms with E-state index in [0.717, 1.165) is 25.6 Å². The maximum Gasteiger partial charge on any atom is 0.0198 e. The molecule has 15 heavy (non-hydrogen) atoms. The summed E-state index contributed by atoms with van der Waals surface area (Å²) in [6, 6.07) is 0.687. The molecule has 0 amide bonds. The second-order valence-corrected chi connectivity index (χ2v) is 4.69. The minimum absolute atomic E-state index is 0.687. The zero-order chi connectivity index (χ0) is 11.1. The molecule has 0 radical (unpaired) electrons. The van der Waals surface area contributed by atoms with Crippen LogP contribution in [0.25, 0.3) is 0 Å². The summed E-state index contributed by atoms with van der Waals surface area (Å²) in [6.45, 7) is 9.85. The minimum Gasteiger partial charge on any atom is -0.329 e. The maximum absolute atomic E-state index is 5.64. The Morgan fingerprint density at radius 2 is 2.13 bits per heavy atom. The highest BCUT2D eigenvalue weighted by atomic mass is 15.2. The average molecular weight is 213 g/mol. The van der Waals surface area contributed by atoms with Crippen molar-refractivity contribution in [2.24, 2.45) is 11.7 Å². The fraction of sp³-hybridized carbons (Fsp3) is 1.00. The average Bonchev–Trinajstić information content (AvgIpc) is 2.19. The van der Waals surface area contributed by atoms with Crippen LogP contribution in [0, 0.1) is 5.92 Å². The fourth-order valence-corrected chi connectivity index (χ4v) is 2.72. The first-order valence-electron chi connectivity index (χ1n) is 6.45. The molecule has 1 rings (SSSR count). The lowest BCUT2D eigenvalue weighted by Gasteiger charge is -2.38. The quantitative estimate of drug-likeness (QED) is 0.693. The van der Waals surface area contributed by atoms with Gasteiger partial charge in [-0.1, -0.05) is 20.3 Å². The Labute approximate surface area is 94.4 Å². The van der Waals surface area contributed by atoms with E-state index in [2.05, 4.69) is 24.1 Å². The number of likely N-dealkylation sites (tertiary alicyclic amines) is 1. The molecule has 0 aromatic carbocycles. The smallest absolute Gasteiger partial charge is 0.0198 e. The van der Waals surface area contributed by atoms with Gasteiger partial charge in [-0.3, -0.25) is 0 Å². The molecule has 2 unspecified atom stereocenters. The van der Waals surface area contributed by atoms with Gasteiger partial charge in [0, 0.05) is 32.2 Å². The first-order valence-corrected chi connectivity index (χ1v) is 6.45. The fourth-order valence-electron chi connectivity index (χ4n) is 2.72. The van der Waals surface area contributed by atoms with Crippen LogP contribution in [-0.2, 0) is 0 Å². The molecule has 0 aromatic rings. The lowest BCUT2D eigenvalue weighted by atomic mass is 9.90. The summed E-state index contributed by atoms with van der Waals surface area (Å²) in [7, 11) is 0. The van der Waals surface area contributed by atoms with Gasteiger partial charge in [0.1, 0.15) is 0 Å². The van der Waals surface area contributed by atoms with E-state index in [0.29, 0.717) is 6.04 Å². The number of hydrogen-bond donors (Lipinski definition) is 2. The monoisotopic (exact) mass is 213 g/mol. The number of hydrogen-bond acceptors (Lipinski definition) is 3. The van der Waals surface area contributed by atoms with Gasteiger partial charge in [0.2, 0.25) is 0 Å². The molecule has 0 aromatic heterocycles. The van der Waals surface area contributed by atoms with E-state index in [1.165, 1.54) is 32.4 Å². The number of rotatable bonds is 6. The third-order valence-corrected chi connectivity index (χ3v) is 3.25. The Morgan fingerprint density at radius 1 is 1.33 bits per heavy atom. The molecule has 0 saturated carbocycles. The third-order valence-electron chi connectivity index (χ3n) is 3.25. The Morgan fingerprint density at radius 3 is 2.73 bits per heavy atom. The van der Waals surface area contributed by atoms with Crippen molar-refractivity contribution in [2.75, 3.05) is 32.7 Å². The lowest BCUT2D eigenvalue weighted by molar-refractivity contribution is 0.139. The van der Waals surface area contributed by atoms with E-state index in [9.17, 15) is 0 Å². The molecular formula is C12H27N3. The van der Waals surface area contributed by atoms with Gasteiger partial charge in [-0.2, -0.15) is 0 Å². The van der Waals surface area contributed by atoms with E-state index >= 15 is 0 Å². The van der Waals surface area contributed by atoms with Gasteiger partial charge in [-0.25, -0.2) is 0 Å². The van der Waals surface area contributed by atoms with Gasteiger partial charge in [-0.05, 0) is 25.3 Å². The molecule has 2 atom stereocenters. The van der Waals surface area contributed by atoms with Gasteiger partial charge >= 0.3 is 0 Å². The van der Waals surface area contributed by atoms with E-state index in [4.69, 9.17) is 5.73 Å². The predicted octanol–water partition coefficient (Wildman–Crippen LogP) is 1.05. The number of piperidine rings is 1. The molecule has 1 aliphatic heterocycles. The molecule has 0 spiro atoms. The summed E-state index contributed by atoms with van der Waals surface area (Å²) in [5.41, 5.74) is 5.64. The molecule has 1 fully saturated rings. The largest absolute Gasteiger partial charge is 0.329 e. The first kappa shape index (κ1) is 12.9. The van der Waals surface area contributed by atoms with Crippen molar-refractivity contribution in [2.45, 2.75) is 39.2 Å². The summed E-state index contributed by atoms with van der Waals surface area (Å²) in [5, 5.41) is 3.58. The normalized spacial score (nSPS) is 28.2. The van der Waals surface area contributed by atoms with E-state index < -0.39 is 0 Å². The van der Waals surface area contributed by atoms with Gasteiger partial charge < -0.3 is 16.0 Å². The number of nitrogens with zero attached hydrogens (tertiary/aromatic N) is 1. The van der Waals surface area contributed by atoms with Crippen LogP contribution in [0.1, 0.15) is 33.1 Å². The third kappa shape index (κ3) is 4.49. The van der Waals surface area contributed by atoms with Crippen LogP contribution in [0.15, 0.2) is 0 Å². The highest BCUT2D eigenvalue weighted by Gasteiger charge is 2.25. The Bertz CT molecular complexity index is 126. The van der Waals surface area contributed by atoms with Gasteiger partial charge in [0.25, 0.3) is 0 Å². The van der Waals surface area contributed by atoms with Crippen LogP contribution in [0.4, 0.5) is 0 Å². The van der Waals surface area contributed by atoms with Gasteiger partial charge in [-0.15, -0.1) is 0 Å². The molecule has 3 N–H and O–H groups in total. The molecule has 3 nitrogen and oxygen atoms in total. The first-order chi connectivity index (χ1) is 7.30. The maximum atomic E-state index is 5.64. The van der Waals surface area contributed by atoms with Gasteiger partial charge in [0.05, 0.1) is 0 Å². The van der Waals surface area contributed by atoms with Crippen LogP contribution in [0.2, 0.25) is 0 Å². The lowest BCUT2D eigenvalue weighted by Crippen LogP contribution is -2.50. The van der Waals surface area contributed by atoms with Crippen LogP contribution >= 0.6 is 0 Å². The zero-order valence-electron chi connectivity index (χ0n) is 10.3. The summed E-state index contributed by atoms with van der Waals surface area (Å²) in [4.78, 5) is 2.52. The minimum atomic E-state index is 0.687. The van der Waals surface area contributed by atoms with Crippen molar-refractivity contribution >= 4 is 0 Å². The predicted molar refractivity (Wildman–Crippen MR) is 66.0 cm³/mol. The van der Waals surface area contributed by atoms with Gasteiger partial charge in [0.15, 0.2) is 0 Å². The molecule has 0 aliphatic carbocycles. The molecule has 90 valence electrons.